The molecule has 0 aliphatic heterocycles. The first-order valence-corrected chi connectivity index (χ1v) is 12.2. The van der Waals surface area contributed by atoms with Gasteiger partial charge in [-0.15, -0.1) is 0 Å². The Morgan fingerprint density at radius 2 is 1.80 bits per heavy atom. The third-order valence-corrected chi connectivity index (χ3v) is 6.11. The molecule has 4 rings (SSSR count). The van der Waals surface area contributed by atoms with E-state index < -0.39 is 48.1 Å². The molecule has 0 radical (unpaired) electrons. The van der Waals surface area contributed by atoms with E-state index >= 15 is 0 Å². The first kappa shape index (κ1) is 29.3. The van der Waals surface area contributed by atoms with Gasteiger partial charge in [-0.1, -0.05) is 0 Å². The van der Waals surface area contributed by atoms with Crippen LogP contribution in [0.25, 0.3) is 16.9 Å². The minimum absolute atomic E-state index is 0.0471. The number of hydrogen-bond acceptors (Lipinski definition) is 7. The van der Waals surface area contributed by atoms with Gasteiger partial charge < -0.3 is 30.0 Å². The van der Waals surface area contributed by atoms with Crippen LogP contribution in [0.15, 0.2) is 54.9 Å². The number of nitrogens with two attached hydrogens (primary N) is 1. The third kappa shape index (κ3) is 6.06. The Labute approximate surface area is 230 Å². The molecule has 0 saturated carbocycles. The molecule has 1 atom stereocenters. The summed E-state index contributed by atoms with van der Waals surface area (Å²) in [7, 11) is 1.44. The van der Waals surface area contributed by atoms with Crippen LogP contribution in [0.2, 0.25) is 0 Å². The number of nitrogens with one attached hydrogen (secondary N) is 1. The van der Waals surface area contributed by atoms with Gasteiger partial charge in [0.2, 0.25) is 11.5 Å². The van der Waals surface area contributed by atoms with Crippen molar-refractivity contribution in [2.24, 2.45) is 5.73 Å². The highest BCUT2D eigenvalue weighted by Crippen LogP contribution is 2.42. The van der Waals surface area contributed by atoms with Gasteiger partial charge in [0, 0.05) is 17.3 Å². The SMILES string of the molecule is CCOc1c(CC(N)=O)cc([C@@](O)(CNC(=O)c2cn3cc(OC)ccc3n2)C(F)(F)F)nc1-c1ccc(F)cc1. The van der Waals surface area contributed by atoms with E-state index in [1.807, 2.05) is 0 Å². The zero-order valence-electron chi connectivity index (χ0n) is 21.8. The summed E-state index contributed by atoms with van der Waals surface area (Å²) < 4.78 is 69.2. The van der Waals surface area contributed by atoms with Crippen molar-refractivity contribution in [3.8, 4) is 22.8 Å². The number of fused-ring (bicyclic) bond motifs is 1. The quantitative estimate of drug-likeness (QED) is 0.247. The van der Waals surface area contributed by atoms with Gasteiger partial charge in [-0.3, -0.25) is 9.59 Å². The number of pyridine rings is 2. The van der Waals surface area contributed by atoms with Crippen LogP contribution in [0.4, 0.5) is 17.6 Å². The lowest BCUT2D eigenvalue weighted by Crippen LogP contribution is -2.51. The Balaban J connectivity index is 1.77. The Morgan fingerprint density at radius 1 is 1.10 bits per heavy atom. The molecule has 2 amide bonds. The van der Waals surface area contributed by atoms with Crippen molar-refractivity contribution in [2.45, 2.75) is 25.1 Å². The normalized spacial score (nSPS) is 13.0. The monoisotopic (exact) mass is 575 g/mol. The molecule has 3 aromatic heterocycles. The van der Waals surface area contributed by atoms with Crippen molar-refractivity contribution in [1.29, 1.82) is 0 Å². The number of imidazole rings is 1. The summed E-state index contributed by atoms with van der Waals surface area (Å²) in [4.78, 5) is 32.7. The van der Waals surface area contributed by atoms with Crippen LogP contribution in [0, 0.1) is 5.82 Å². The molecule has 41 heavy (non-hydrogen) atoms. The van der Waals surface area contributed by atoms with Gasteiger partial charge in [-0.05, 0) is 49.4 Å². The summed E-state index contributed by atoms with van der Waals surface area (Å²) in [5.74, 6) is -2.10. The molecule has 0 saturated heterocycles. The largest absolute Gasteiger partial charge is 0.495 e. The molecule has 0 bridgehead atoms. The minimum atomic E-state index is -5.35. The number of amides is 2. The molecule has 216 valence electrons. The molecule has 14 heteroatoms. The average molecular weight is 576 g/mol. The molecular weight excluding hydrogens is 550 g/mol. The fraction of sp³-hybridized carbons (Fsp3) is 0.259. The number of primary amides is 1. The summed E-state index contributed by atoms with van der Waals surface area (Å²) in [6, 6.07) is 8.62. The van der Waals surface area contributed by atoms with E-state index in [9.17, 15) is 32.3 Å². The van der Waals surface area contributed by atoms with Crippen LogP contribution in [-0.2, 0) is 16.8 Å². The maximum absolute atomic E-state index is 14.5. The number of benzene rings is 1. The third-order valence-electron chi connectivity index (χ3n) is 6.11. The van der Waals surface area contributed by atoms with Crippen LogP contribution in [0.1, 0.15) is 28.7 Å². The fourth-order valence-corrected chi connectivity index (χ4v) is 4.06. The van der Waals surface area contributed by atoms with Gasteiger partial charge in [-0.2, -0.15) is 13.2 Å². The lowest BCUT2D eigenvalue weighted by molar-refractivity contribution is -0.265. The van der Waals surface area contributed by atoms with Crippen molar-refractivity contribution in [3.05, 3.63) is 77.6 Å². The molecule has 4 aromatic rings. The molecule has 4 N–H and O–H groups in total. The highest BCUT2D eigenvalue weighted by molar-refractivity contribution is 5.93. The molecule has 0 spiro atoms. The van der Waals surface area contributed by atoms with Crippen LogP contribution in [0.3, 0.4) is 0 Å². The number of carbonyl (C=O) groups excluding carboxylic acids is 2. The van der Waals surface area contributed by atoms with Gasteiger partial charge in [0.05, 0.1) is 38.6 Å². The van der Waals surface area contributed by atoms with Crippen LogP contribution >= 0.6 is 0 Å². The fourth-order valence-electron chi connectivity index (χ4n) is 4.06. The number of ether oxygens (including phenoxy) is 2. The van der Waals surface area contributed by atoms with Crippen molar-refractivity contribution in [2.75, 3.05) is 20.3 Å². The zero-order chi connectivity index (χ0) is 29.9. The molecule has 0 fully saturated rings. The summed E-state index contributed by atoms with van der Waals surface area (Å²) in [6.45, 7) is 0.297. The highest BCUT2D eigenvalue weighted by atomic mass is 19.4. The molecule has 0 aliphatic carbocycles. The molecule has 10 nitrogen and oxygen atoms in total. The smallest absolute Gasteiger partial charge is 0.424 e. The minimum Gasteiger partial charge on any atom is -0.495 e. The number of hydrogen-bond donors (Lipinski definition) is 3. The van der Waals surface area contributed by atoms with E-state index in [2.05, 4.69) is 15.3 Å². The second-order valence-corrected chi connectivity index (χ2v) is 8.93. The highest BCUT2D eigenvalue weighted by Gasteiger charge is 2.56. The molecular formula is C27H25F4N5O5. The van der Waals surface area contributed by atoms with Crippen molar-refractivity contribution >= 4 is 17.5 Å². The molecule has 3 heterocycles. The van der Waals surface area contributed by atoms with Crippen molar-refractivity contribution in [1.82, 2.24) is 19.7 Å². The van der Waals surface area contributed by atoms with E-state index in [0.29, 0.717) is 11.4 Å². The number of rotatable bonds is 10. The maximum Gasteiger partial charge on any atom is 0.424 e. The van der Waals surface area contributed by atoms with Crippen LogP contribution < -0.4 is 20.5 Å². The maximum atomic E-state index is 14.5. The Hall–Kier alpha value is -4.72. The summed E-state index contributed by atoms with van der Waals surface area (Å²) in [5, 5.41) is 13.1. The van der Waals surface area contributed by atoms with Crippen molar-refractivity contribution < 1.29 is 41.7 Å². The lowest BCUT2D eigenvalue weighted by Gasteiger charge is -2.31. The van der Waals surface area contributed by atoms with Gasteiger partial charge in [0.25, 0.3) is 5.91 Å². The molecule has 0 aliphatic rings. The predicted molar refractivity (Wildman–Crippen MR) is 138 cm³/mol. The number of methoxy groups -OCH3 is 1. The van der Waals surface area contributed by atoms with E-state index in [4.69, 9.17) is 15.2 Å². The number of carbonyl (C=O) groups is 2. The second kappa shape index (κ2) is 11.4. The van der Waals surface area contributed by atoms with E-state index in [-0.39, 0.29) is 34.9 Å². The number of halogens is 4. The Kier molecular flexibility index (Phi) is 8.14. The Bertz CT molecular complexity index is 1590. The zero-order valence-corrected chi connectivity index (χ0v) is 21.8. The van der Waals surface area contributed by atoms with E-state index in [1.54, 1.807) is 19.1 Å². The summed E-state index contributed by atoms with van der Waals surface area (Å²) >= 11 is 0. The first-order valence-electron chi connectivity index (χ1n) is 12.2. The van der Waals surface area contributed by atoms with Gasteiger partial charge in [0.1, 0.15) is 34.4 Å². The topological polar surface area (TPSA) is 141 Å². The lowest BCUT2D eigenvalue weighted by atomic mass is 9.93. The Morgan fingerprint density at radius 3 is 2.41 bits per heavy atom. The standard InChI is InChI=1S/C27H25F4N5O5/c1-3-41-24-16(11-21(32)37)10-20(35-23(24)15-4-6-17(28)7-5-15)26(39,27(29,30)31)14-33-25(38)19-13-36-12-18(40-2)8-9-22(36)34-19/h4-10,12-13,39H,3,11,14H2,1-2H3,(H2,32,37)(H,33,38)/t26-/m0/s1. The van der Waals surface area contributed by atoms with E-state index in [1.165, 1.54) is 36.0 Å². The summed E-state index contributed by atoms with van der Waals surface area (Å²) in [6.07, 6.45) is -3.10. The average Bonchev–Trinajstić information content (AvgIpc) is 3.35. The van der Waals surface area contributed by atoms with Gasteiger partial charge in [0.15, 0.2) is 0 Å². The van der Waals surface area contributed by atoms with E-state index in [0.717, 1.165) is 18.2 Å². The molecule has 1 aromatic carbocycles. The number of aromatic nitrogens is 3. The second-order valence-electron chi connectivity index (χ2n) is 8.93. The number of aliphatic hydroxyl groups is 1. The van der Waals surface area contributed by atoms with Crippen LogP contribution in [-0.4, -0.2) is 57.7 Å². The van der Waals surface area contributed by atoms with Crippen LogP contribution in [0.5, 0.6) is 11.5 Å². The molecule has 0 unspecified atom stereocenters. The number of nitrogens with zero attached hydrogens (tertiary/aromatic N) is 3. The van der Waals surface area contributed by atoms with Gasteiger partial charge in [-0.25, -0.2) is 14.4 Å². The first-order chi connectivity index (χ1) is 19.4. The predicted octanol–water partition coefficient (Wildman–Crippen LogP) is 3.15. The number of alkyl halides is 3. The van der Waals surface area contributed by atoms with Gasteiger partial charge >= 0.3 is 6.18 Å². The van der Waals surface area contributed by atoms with Crippen molar-refractivity contribution in [3.63, 3.8) is 0 Å². The summed E-state index contributed by atoms with van der Waals surface area (Å²) in [5.41, 5.74) is 0.645.